The maximum Gasteiger partial charge on any atom is 0.321 e. The summed E-state index contributed by atoms with van der Waals surface area (Å²) in [6, 6.07) is 4.83. The van der Waals surface area contributed by atoms with Gasteiger partial charge >= 0.3 is 6.03 Å². The molecule has 2 aromatic rings. The predicted molar refractivity (Wildman–Crippen MR) is 125 cm³/mol. The number of carbonyl (C=O) groups is 2. The molecule has 0 atom stereocenters. The second-order valence-corrected chi connectivity index (χ2v) is 10.2. The van der Waals surface area contributed by atoms with Crippen LogP contribution in [0, 0.1) is 13.8 Å². The summed E-state index contributed by atoms with van der Waals surface area (Å²) in [4.78, 5) is 28.6. The van der Waals surface area contributed by atoms with E-state index in [1.54, 1.807) is 49.0 Å². The Kier molecular flexibility index (Phi) is 6.80. The predicted octanol–water partition coefficient (Wildman–Crippen LogP) is 2.36. The van der Waals surface area contributed by atoms with Gasteiger partial charge in [0.25, 0.3) is 0 Å². The van der Waals surface area contributed by atoms with Crippen molar-refractivity contribution in [3.05, 3.63) is 29.7 Å². The number of urea groups is 1. The van der Waals surface area contributed by atoms with Gasteiger partial charge in [-0.15, -0.1) is 0 Å². The highest BCUT2D eigenvalue weighted by atomic mass is 32.2. The van der Waals surface area contributed by atoms with Crippen LogP contribution in [0.1, 0.15) is 30.7 Å². The molecule has 1 aromatic heterocycles. The zero-order valence-electron chi connectivity index (χ0n) is 19.5. The molecule has 1 aromatic carbocycles. The molecule has 3 heterocycles. The van der Waals surface area contributed by atoms with Crippen molar-refractivity contribution in [1.29, 1.82) is 0 Å². The number of piperidine rings is 1. The average Bonchev–Trinajstić information content (AvgIpc) is 3.18. The summed E-state index contributed by atoms with van der Waals surface area (Å²) < 4.78 is 37.8. The third-order valence-electron chi connectivity index (χ3n) is 6.14. The molecular weight excluding hydrogens is 462 g/mol. The highest BCUT2D eigenvalue weighted by molar-refractivity contribution is 7.89. The number of aromatic nitrogens is 1. The Bertz CT molecular complexity index is 1170. The van der Waals surface area contributed by atoms with Crippen molar-refractivity contribution < 1.29 is 27.3 Å². The van der Waals surface area contributed by atoms with Gasteiger partial charge in [0.15, 0.2) is 5.76 Å². The number of anilines is 2. The second-order valence-electron chi connectivity index (χ2n) is 8.36. The molecule has 0 spiro atoms. The summed E-state index contributed by atoms with van der Waals surface area (Å²) in [6.07, 6.45) is 2.26. The molecule has 2 aliphatic rings. The Balaban J connectivity index is 1.42. The lowest BCUT2D eigenvalue weighted by Crippen LogP contribution is -2.51. The lowest BCUT2D eigenvalue weighted by molar-refractivity contribution is -0.119. The third kappa shape index (κ3) is 4.60. The molecule has 3 amide bonds. The van der Waals surface area contributed by atoms with Gasteiger partial charge in [0.2, 0.25) is 15.9 Å². The van der Waals surface area contributed by atoms with E-state index in [0.29, 0.717) is 35.8 Å². The highest BCUT2D eigenvalue weighted by Crippen LogP contribution is 2.34. The van der Waals surface area contributed by atoms with Crippen LogP contribution in [0.15, 0.2) is 27.6 Å². The summed E-state index contributed by atoms with van der Waals surface area (Å²) in [7, 11) is -2.21. The molecule has 12 heteroatoms. The van der Waals surface area contributed by atoms with Gasteiger partial charge in [0.1, 0.15) is 16.3 Å². The number of sulfonamides is 1. The fourth-order valence-corrected chi connectivity index (χ4v) is 6.06. The van der Waals surface area contributed by atoms with Crippen LogP contribution < -0.4 is 15.0 Å². The summed E-state index contributed by atoms with van der Waals surface area (Å²) in [5, 5.41) is 6.59. The molecule has 34 heavy (non-hydrogen) atoms. The largest absolute Gasteiger partial charge is 0.495 e. The van der Waals surface area contributed by atoms with Crippen LogP contribution in [-0.2, 0) is 14.8 Å². The molecule has 184 valence electrons. The molecule has 2 aliphatic heterocycles. The first kappa shape index (κ1) is 24.0. The minimum atomic E-state index is -3.75. The van der Waals surface area contributed by atoms with E-state index in [2.05, 4.69) is 10.5 Å². The maximum absolute atomic E-state index is 13.0. The number of nitrogens with zero attached hydrogens (tertiary/aromatic N) is 4. The quantitative estimate of drug-likeness (QED) is 0.681. The molecule has 0 saturated carbocycles. The monoisotopic (exact) mass is 491 g/mol. The SMILES string of the molecule is COc1ccc(NC(=O)N2CCN(S(=O)(=O)c3c(C)noc3C)CC2)cc1N1CCCCC1=O. The maximum atomic E-state index is 13.0. The molecule has 2 fully saturated rings. The Morgan fingerprint density at radius 3 is 2.47 bits per heavy atom. The van der Waals surface area contributed by atoms with Crippen molar-refractivity contribution in [3.63, 3.8) is 0 Å². The molecule has 0 radical (unpaired) electrons. The smallest absolute Gasteiger partial charge is 0.321 e. The minimum Gasteiger partial charge on any atom is -0.495 e. The number of hydrogen-bond acceptors (Lipinski definition) is 7. The zero-order chi connectivity index (χ0) is 24.5. The number of piperazine rings is 1. The average molecular weight is 492 g/mol. The fraction of sp³-hybridized carbons (Fsp3) is 0.500. The summed E-state index contributed by atoms with van der Waals surface area (Å²) in [6.45, 7) is 4.56. The van der Waals surface area contributed by atoms with Gasteiger partial charge in [-0.2, -0.15) is 4.31 Å². The van der Waals surface area contributed by atoms with E-state index in [4.69, 9.17) is 9.26 Å². The van der Waals surface area contributed by atoms with E-state index < -0.39 is 10.0 Å². The van der Waals surface area contributed by atoms with Crippen molar-refractivity contribution in [3.8, 4) is 5.75 Å². The van der Waals surface area contributed by atoms with E-state index in [-0.39, 0.29) is 48.8 Å². The normalized spacial score (nSPS) is 17.7. The summed E-state index contributed by atoms with van der Waals surface area (Å²) in [5.41, 5.74) is 1.48. The van der Waals surface area contributed by atoms with Crippen LogP contribution >= 0.6 is 0 Å². The number of ether oxygens (including phenoxy) is 1. The number of rotatable bonds is 5. The molecule has 1 N–H and O–H groups in total. The summed E-state index contributed by atoms with van der Waals surface area (Å²) in [5.74, 6) is 0.843. The van der Waals surface area contributed by atoms with Gasteiger partial charge in [0.05, 0.1) is 12.8 Å². The Morgan fingerprint density at radius 2 is 1.85 bits per heavy atom. The molecular formula is C22H29N5O6S. The van der Waals surface area contributed by atoms with Gasteiger partial charge in [-0.25, -0.2) is 13.2 Å². The van der Waals surface area contributed by atoms with Gasteiger partial charge in [-0.05, 0) is 44.9 Å². The third-order valence-corrected chi connectivity index (χ3v) is 8.28. The van der Waals surface area contributed by atoms with Crippen LogP contribution in [-0.4, -0.2) is 74.6 Å². The topological polar surface area (TPSA) is 125 Å². The Hall–Kier alpha value is -3.12. The van der Waals surface area contributed by atoms with Gasteiger partial charge in [-0.1, -0.05) is 5.16 Å². The van der Waals surface area contributed by atoms with Crippen molar-refractivity contribution in [2.75, 3.05) is 50.1 Å². The number of carbonyl (C=O) groups excluding carboxylic acids is 2. The highest BCUT2D eigenvalue weighted by Gasteiger charge is 2.34. The standard InChI is InChI=1S/C22H29N5O6S/c1-15-21(16(2)33-24-15)34(30,31)26-12-10-25(11-13-26)22(29)23-17-7-8-19(32-3)18(14-17)27-9-5-4-6-20(27)28/h7-8,14H,4-6,9-13H2,1-3H3,(H,23,29). The number of hydrogen-bond donors (Lipinski definition) is 1. The summed E-state index contributed by atoms with van der Waals surface area (Å²) >= 11 is 0. The molecule has 0 bridgehead atoms. The van der Waals surface area contributed by atoms with E-state index in [0.717, 1.165) is 12.8 Å². The molecule has 11 nitrogen and oxygen atoms in total. The van der Waals surface area contributed by atoms with Crippen LogP contribution in [0.3, 0.4) is 0 Å². The van der Waals surface area contributed by atoms with Crippen molar-refractivity contribution in [2.45, 2.75) is 38.0 Å². The molecule has 2 saturated heterocycles. The van der Waals surface area contributed by atoms with Crippen molar-refractivity contribution in [2.24, 2.45) is 0 Å². The first-order valence-electron chi connectivity index (χ1n) is 11.2. The number of benzene rings is 1. The second kappa shape index (κ2) is 9.63. The molecule has 0 unspecified atom stereocenters. The molecule has 4 rings (SSSR count). The van der Waals surface area contributed by atoms with Crippen LogP contribution in [0.5, 0.6) is 5.75 Å². The molecule has 0 aliphatic carbocycles. The van der Waals surface area contributed by atoms with Gasteiger partial charge in [0, 0.05) is 44.8 Å². The van der Waals surface area contributed by atoms with Crippen LogP contribution in [0.4, 0.5) is 16.2 Å². The zero-order valence-corrected chi connectivity index (χ0v) is 20.4. The van der Waals surface area contributed by atoms with Crippen LogP contribution in [0.2, 0.25) is 0 Å². The Labute approximate surface area is 198 Å². The number of methoxy groups -OCH3 is 1. The lowest BCUT2D eigenvalue weighted by Gasteiger charge is -2.34. The lowest BCUT2D eigenvalue weighted by atomic mass is 10.1. The van der Waals surface area contributed by atoms with Crippen LogP contribution in [0.25, 0.3) is 0 Å². The van der Waals surface area contributed by atoms with E-state index in [1.807, 2.05) is 0 Å². The Morgan fingerprint density at radius 1 is 1.12 bits per heavy atom. The van der Waals surface area contributed by atoms with Gasteiger partial charge in [-0.3, -0.25) is 4.79 Å². The van der Waals surface area contributed by atoms with Crippen molar-refractivity contribution in [1.82, 2.24) is 14.4 Å². The minimum absolute atomic E-state index is 0.0312. The first-order chi connectivity index (χ1) is 16.2. The van der Waals surface area contributed by atoms with Crippen molar-refractivity contribution >= 4 is 33.3 Å². The van der Waals surface area contributed by atoms with E-state index in [9.17, 15) is 18.0 Å². The first-order valence-corrected chi connectivity index (χ1v) is 12.6. The van der Waals surface area contributed by atoms with E-state index in [1.165, 1.54) is 4.31 Å². The number of amides is 3. The number of nitrogens with one attached hydrogen (secondary N) is 1. The van der Waals surface area contributed by atoms with E-state index >= 15 is 0 Å². The number of aryl methyl sites for hydroxylation is 2. The fourth-order valence-electron chi connectivity index (χ4n) is 4.35. The van der Waals surface area contributed by atoms with Gasteiger partial charge < -0.3 is 24.4 Å².